The average Bonchev–Trinajstić information content (AvgIpc) is 3.04. The molecule has 1 aliphatic carbocycles. The minimum Gasteiger partial charge on any atom is -0.396 e. The van der Waals surface area contributed by atoms with Crippen LogP contribution in [0, 0.1) is 0 Å². The molecule has 0 saturated heterocycles. The van der Waals surface area contributed by atoms with Crippen LogP contribution in [0.3, 0.4) is 0 Å². The molecule has 8 heteroatoms. The van der Waals surface area contributed by atoms with Crippen LogP contribution in [0.4, 0.5) is 5.69 Å². The van der Waals surface area contributed by atoms with Crippen molar-refractivity contribution < 1.29 is 24.0 Å². The molecule has 122 valence electrons. The van der Waals surface area contributed by atoms with E-state index in [9.17, 15) is 14.4 Å². The van der Waals surface area contributed by atoms with Gasteiger partial charge in [-0.3, -0.25) is 14.4 Å². The molecule has 0 saturated carbocycles. The lowest BCUT2D eigenvalue weighted by molar-refractivity contribution is 0.0967. The van der Waals surface area contributed by atoms with Crippen molar-refractivity contribution in [1.82, 2.24) is 5.16 Å². The van der Waals surface area contributed by atoms with Crippen LogP contribution in [0.25, 0.3) is 0 Å². The molecule has 0 spiro atoms. The topological polar surface area (TPSA) is 110 Å². The Hall–Kier alpha value is -2.71. The van der Waals surface area contributed by atoms with Crippen LogP contribution in [-0.4, -0.2) is 40.1 Å². The third kappa shape index (κ3) is 3.01. The summed E-state index contributed by atoms with van der Waals surface area (Å²) in [4.78, 5) is 37.0. The van der Waals surface area contributed by atoms with Gasteiger partial charge in [-0.1, -0.05) is 23.4 Å². The highest BCUT2D eigenvalue weighted by molar-refractivity contribution is 8.04. The number of allylic oxidation sites excluding steroid dienone is 2. The number of hydrogen-bond donors (Lipinski definition) is 2. The fourth-order valence-electron chi connectivity index (χ4n) is 2.17. The van der Waals surface area contributed by atoms with Gasteiger partial charge in [0.25, 0.3) is 5.91 Å². The Morgan fingerprint density at radius 3 is 2.71 bits per heavy atom. The number of rotatable bonds is 5. The lowest BCUT2D eigenvalue weighted by atomic mass is 9.99. The van der Waals surface area contributed by atoms with E-state index in [0.717, 1.165) is 17.8 Å². The summed E-state index contributed by atoms with van der Waals surface area (Å²) < 4.78 is 4.90. The fraction of sp³-hybridized carbons (Fsp3) is 0.125. The number of ketones is 2. The molecule has 0 radical (unpaired) electrons. The number of anilines is 1. The predicted octanol–water partition coefficient (Wildman–Crippen LogP) is 1.92. The van der Waals surface area contributed by atoms with Gasteiger partial charge in [-0.2, -0.15) is 0 Å². The third-order valence-electron chi connectivity index (χ3n) is 3.22. The first-order chi connectivity index (χ1) is 11.6. The number of thioether (sulfide) groups is 1. The summed E-state index contributed by atoms with van der Waals surface area (Å²) in [6.07, 6.45) is 1.13. The van der Waals surface area contributed by atoms with Crippen molar-refractivity contribution in [3.8, 4) is 0 Å². The Balaban J connectivity index is 1.90. The van der Waals surface area contributed by atoms with Crippen molar-refractivity contribution in [3.05, 3.63) is 58.3 Å². The van der Waals surface area contributed by atoms with Crippen LogP contribution in [-0.2, 0) is 0 Å². The average molecular weight is 344 g/mol. The monoisotopic (exact) mass is 344 g/mol. The van der Waals surface area contributed by atoms with E-state index >= 15 is 0 Å². The largest absolute Gasteiger partial charge is 0.396 e. The van der Waals surface area contributed by atoms with Crippen LogP contribution < -0.4 is 5.32 Å². The summed E-state index contributed by atoms with van der Waals surface area (Å²) >= 11 is 1.04. The van der Waals surface area contributed by atoms with Gasteiger partial charge in [0.1, 0.15) is 5.56 Å². The number of benzene rings is 1. The van der Waals surface area contributed by atoms with Crippen LogP contribution in [0.15, 0.2) is 45.8 Å². The molecule has 1 aromatic heterocycles. The summed E-state index contributed by atoms with van der Waals surface area (Å²) in [5, 5.41) is 15.1. The Morgan fingerprint density at radius 2 is 2.00 bits per heavy atom. The van der Waals surface area contributed by atoms with Crippen molar-refractivity contribution in [1.29, 1.82) is 0 Å². The Labute approximate surface area is 140 Å². The molecule has 3 rings (SSSR count). The fourth-order valence-corrected chi connectivity index (χ4v) is 2.91. The maximum Gasteiger partial charge on any atom is 0.278 e. The zero-order valence-corrected chi connectivity index (χ0v) is 13.1. The number of para-hydroxylation sites is 1. The highest BCUT2D eigenvalue weighted by atomic mass is 32.2. The smallest absolute Gasteiger partial charge is 0.278 e. The quantitative estimate of drug-likeness (QED) is 0.852. The van der Waals surface area contributed by atoms with Crippen molar-refractivity contribution in [2.45, 2.75) is 0 Å². The Bertz CT molecular complexity index is 841. The van der Waals surface area contributed by atoms with Gasteiger partial charge in [0.05, 0.1) is 11.5 Å². The zero-order valence-electron chi connectivity index (χ0n) is 12.3. The van der Waals surface area contributed by atoms with Gasteiger partial charge < -0.3 is 14.9 Å². The maximum absolute atomic E-state index is 12.5. The molecular formula is C16H12N2O5S. The second kappa shape index (κ2) is 6.81. The molecule has 0 atom stereocenters. The minimum absolute atomic E-state index is 0.138. The summed E-state index contributed by atoms with van der Waals surface area (Å²) in [7, 11) is 0. The molecule has 0 aliphatic heterocycles. The first-order valence-electron chi connectivity index (χ1n) is 7.02. The molecule has 0 unspecified atom stereocenters. The molecule has 24 heavy (non-hydrogen) atoms. The van der Waals surface area contributed by atoms with E-state index in [1.165, 1.54) is 0 Å². The van der Waals surface area contributed by atoms with E-state index in [1.807, 2.05) is 0 Å². The van der Waals surface area contributed by atoms with Crippen molar-refractivity contribution >= 4 is 34.9 Å². The van der Waals surface area contributed by atoms with E-state index in [4.69, 9.17) is 9.63 Å². The first kappa shape index (κ1) is 16.2. The summed E-state index contributed by atoms with van der Waals surface area (Å²) in [5.74, 6) is -1.66. The Morgan fingerprint density at radius 1 is 1.25 bits per heavy atom. The standard InChI is InChI=1S/C16H12N2O5S/c19-6-7-24-11-8-10(20)15-12(14(11)21)13(18-23-15)16(22)17-9-4-2-1-3-5-9/h1-5,8,19H,6-7H2,(H,17,22). The highest BCUT2D eigenvalue weighted by Crippen LogP contribution is 2.30. The number of hydrogen-bond acceptors (Lipinski definition) is 7. The third-order valence-corrected chi connectivity index (χ3v) is 4.23. The van der Waals surface area contributed by atoms with Crippen LogP contribution in [0.1, 0.15) is 31.4 Å². The molecule has 2 aromatic rings. The molecule has 7 nitrogen and oxygen atoms in total. The van der Waals surface area contributed by atoms with E-state index in [-0.39, 0.29) is 34.3 Å². The second-order valence-electron chi connectivity index (χ2n) is 4.83. The molecular weight excluding hydrogens is 332 g/mol. The van der Waals surface area contributed by atoms with Crippen molar-refractivity contribution in [2.75, 3.05) is 17.7 Å². The van der Waals surface area contributed by atoms with Crippen LogP contribution in [0.5, 0.6) is 0 Å². The molecule has 1 heterocycles. The summed E-state index contributed by atoms with van der Waals surface area (Å²) in [6.45, 7) is -0.138. The zero-order chi connectivity index (χ0) is 17.1. The Kier molecular flexibility index (Phi) is 4.59. The molecule has 0 bridgehead atoms. The van der Waals surface area contributed by atoms with Crippen LogP contribution in [0.2, 0.25) is 0 Å². The second-order valence-corrected chi connectivity index (χ2v) is 5.97. The molecule has 1 aliphatic rings. The number of aromatic nitrogens is 1. The van der Waals surface area contributed by atoms with E-state index in [2.05, 4.69) is 10.5 Å². The lowest BCUT2D eigenvalue weighted by Gasteiger charge is -2.10. The highest BCUT2D eigenvalue weighted by Gasteiger charge is 2.35. The summed E-state index contributed by atoms with van der Waals surface area (Å²) in [6, 6.07) is 8.65. The number of nitrogens with one attached hydrogen (secondary N) is 1. The van der Waals surface area contributed by atoms with Gasteiger partial charge in [0.2, 0.25) is 17.3 Å². The number of nitrogens with zero attached hydrogens (tertiary/aromatic N) is 1. The summed E-state index contributed by atoms with van der Waals surface area (Å²) in [5.41, 5.74) is 0.151. The first-order valence-corrected chi connectivity index (χ1v) is 8.01. The maximum atomic E-state index is 12.5. The van der Waals surface area contributed by atoms with Crippen molar-refractivity contribution in [3.63, 3.8) is 0 Å². The lowest BCUT2D eigenvalue weighted by Crippen LogP contribution is -2.20. The molecule has 1 amide bonds. The number of aliphatic hydroxyl groups is 1. The molecule has 0 fully saturated rings. The van der Waals surface area contributed by atoms with Crippen LogP contribution >= 0.6 is 11.8 Å². The van der Waals surface area contributed by atoms with Gasteiger partial charge >= 0.3 is 0 Å². The predicted molar refractivity (Wildman–Crippen MR) is 87.2 cm³/mol. The SMILES string of the molecule is O=C(Nc1ccccc1)c1noc2c1C(=O)C(SCCO)=CC2=O. The van der Waals surface area contributed by atoms with Crippen molar-refractivity contribution in [2.24, 2.45) is 0 Å². The van der Waals surface area contributed by atoms with Gasteiger partial charge in [0, 0.05) is 17.5 Å². The van der Waals surface area contributed by atoms with E-state index in [0.29, 0.717) is 5.69 Å². The number of aliphatic hydroxyl groups excluding tert-OH is 1. The van der Waals surface area contributed by atoms with Gasteiger partial charge in [-0.15, -0.1) is 11.8 Å². The minimum atomic E-state index is -0.638. The number of carbonyl (C=O) groups excluding carboxylic acids is 3. The number of carbonyl (C=O) groups is 3. The van der Waals surface area contributed by atoms with Gasteiger partial charge in [0.15, 0.2) is 5.69 Å². The molecule has 2 N–H and O–H groups in total. The van der Waals surface area contributed by atoms with Gasteiger partial charge in [-0.05, 0) is 12.1 Å². The normalized spacial score (nSPS) is 13.5. The molecule has 1 aromatic carbocycles. The number of amides is 1. The van der Waals surface area contributed by atoms with E-state index < -0.39 is 17.5 Å². The number of fused-ring (bicyclic) bond motifs is 1. The number of Topliss-reactive ketones (excluding diaryl/α,β-unsaturated/α-hetero) is 1. The van der Waals surface area contributed by atoms with Gasteiger partial charge in [-0.25, -0.2) is 0 Å². The van der Waals surface area contributed by atoms with E-state index in [1.54, 1.807) is 30.3 Å².